The van der Waals surface area contributed by atoms with Gasteiger partial charge in [-0.3, -0.25) is 14.4 Å². The van der Waals surface area contributed by atoms with E-state index in [-0.39, 0.29) is 31.0 Å². The van der Waals surface area contributed by atoms with E-state index < -0.39 is 36.0 Å². The van der Waals surface area contributed by atoms with Crippen LogP contribution in [0.15, 0.2) is 53.6 Å². The predicted molar refractivity (Wildman–Crippen MR) is 150 cm³/mol. The second kappa shape index (κ2) is 12.4. The van der Waals surface area contributed by atoms with Crippen LogP contribution in [0, 0.1) is 0 Å². The van der Waals surface area contributed by atoms with Crippen LogP contribution in [-0.2, 0) is 16.1 Å². The number of carbonyl (C=O) groups is 3. The molecule has 2 amide bonds. The van der Waals surface area contributed by atoms with Gasteiger partial charge in [0.2, 0.25) is 11.8 Å². The molecule has 212 valence electrons. The van der Waals surface area contributed by atoms with Gasteiger partial charge in [-0.1, -0.05) is 34.8 Å². The molecular weight excluding hydrogens is 559 g/mol. The van der Waals surface area contributed by atoms with Crippen molar-refractivity contribution in [3.63, 3.8) is 0 Å². The Hall–Kier alpha value is -3.37. The van der Waals surface area contributed by atoms with Gasteiger partial charge >= 0.3 is 0 Å². The van der Waals surface area contributed by atoms with E-state index in [2.05, 4.69) is 5.32 Å². The topological polar surface area (TPSA) is 125 Å². The fraction of sp³-hybridized carbons (Fsp3) is 0.345. The molecule has 0 fully saturated rings. The predicted octanol–water partition coefficient (Wildman–Crippen LogP) is 3.43. The number of benzene rings is 2. The molecule has 1 aliphatic carbocycles. The monoisotopic (exact) mass is 588 g/mol. The molecule has 0 radical (unpaired) electrons. The van der Waals surface area contributed by atoms with Crippen LogP contribution < -0.4 is 14.8 Å². The van der Waals surface area contributed by atoms with Gasteiger partial charge in [0, 0.05) is 45.9 Å². The van der Waals surface area contributed by atoms with Crippen molar-refractivity contribution >= 4 is 41.3 Å². The van der Waals surface area contributed by atoms with Crippen LogP contribution >= 0.6 is 23.2 Å². The second-order valence-corrected chi connectivity index (χ2v) is 10.7. The molecule has 2 aliphatic rings. The summed E-state index contributed by atoms with van der Waals surface area (Å²) in [6.07, 6.45) is 1.36. The third-order valence-corrected chi connectivity index (χ3v) is 7.41. The van der Waals surface area contributed by atoms with Gasteiger partial charge in [-0.15, -0.1) is 0 Å². The minimum absolute atomic E-state index is 0.00529. The Balaban J connectivity index is 1.86. The van der Waals surface area contributed by atoms with Gasteiger partial charge in [0.1, 0.15) is 18.5 Å². The smallest absolute Gasteiger partial charge is 0.247 e. The number of carbonyl (C=O) groups excluding carboxylic acids is 3. The van der Waals surface area contributed by atoms with E-state index >= 15 is 0 Å². The number of rotatable bonds is 9. The van der Waals surface area contributed by atoms with Crippen molar-refractivity contribution in [3.8, 4) is 11.5 Å². The number of nitrogens with one attached hydrogen (secondary N) is 1. The maximum Gasteiger partial charge on any atom is 0.247 e. The Morgan fingerprint density at radius 1 is 1.20 bits per heavy atom. The first-order valence-corrected chi connectivity index (χ1v) is 13.4. The number of hydrogen-bond acceptors (Lipinski definition) is 7. The van der Waals surface area contributed by atoms with Crippen LogP contribution in [0.4, 0.5) is 0 Å². The maximum absolute atomic E-state index is 13.5. The Morgan fingerprint density at radius 2 is 1.95 bits per heavy atom. The van der Waals surface area contributed by atoms with E-state index in [4.69, 9.17) is 32.7 Å². The van der Waals surface area contributed by atoms with E-state index in [1.807, 2.05) is 0 Å². The Bertz CT molecular complexity index is 1390. The molecule has 40 heavy (non-hydrogen) atoms. The summed E-state index contributed by atoms with van der Waals surface area (Å²) in [5, 5.41) is 24.4. The fourth-order valence-corrected chi connectivity index (χ4v) is 5.52. The van der Waals surface area contributed by atoms with Crippen molar-refractivity contribution in [2.75, 3.05) is 20.3 Å². The van der Waals surface area contributed by atoms with E-state index in [0.29, 0.717) is 38.8 Å². The zero-order chi connectivity index (χ0) is 29.1. The van der Waals surface area contributed by atoms with Gasteiger partial charge in [-0.25, -0.2) is 0 Å². The number of aliphatic hydroxyl groups is 2. The molecule has 4 unspecified atom stereocenters. The zero-order valence-electron chi connectivity index (χ0n) is 22.2. The lowest BCUT2D eigenvalue weighted by molar-refractivity contribution is -0.133. The number of methoxy groups -OCH3 is 1. The number of amides is 2. The lowest BCUT2D eigenvalue weighted by Crippen LogP contribution is -2.55. The van der Waals surface area contributed by atoms with Crippen molar-refractivity contribution in [1.29, 1.82) is 0 Å². The normalized spacial score (nSPS) is 20.8. The number of hydrogen-bond donors (Lipinski definition) is 3. The van der Waals surface area contributed by atoms with Crippen LogP contribution in [0.1, 0.15) is 41.3 Å². The van der Waals surface area contributed by atoms with Gasteiger partial charge in [0.05, 0.1) is 25.7 Å². The second-order valence-electron chi connectivity index (χ2n) is 9.83. The molecule has 0 saturated carbocycles. The zero-order valence-corrected chi connectivity index (χ0v) is 23.7. The molecule has 3 N–H and O–H groups in total. The molecule has 4 atom stereocenters. The third-order valence-electron chi connectivity index (χ3n) is 6.82. The fourth-order valence-electron chi connectivity index (χ4n) is 5.05. The summed E-state index contributed by atoms with van der Waals surface area (Å²) < 4.78 is 11.6. The highest BCUT2D eigenvalue weighted by molar-refractivity contribution is 6.35. The molecule has 0 saturated heterocycles. The summed E-state index contributed by atoms with van der Waals surface area (Å²) in [6, 6.07) is 7.00. The number of aliphatic hydroxyl groups excluding tert-OH is 2. The molecule has 11 heteroatoms. The average molecular weight is 589 g/mol. The molecule has 0 bridgehead atoms. The lowest BCUT2D eigenvalue weighted by atomic mass is 9.77. The van der Waals surface area contributed by atoms with Crippen molar-refractivity contribution in [3.05, 3.63) is 80.4 Å². The summed E-state index contributed by atoms with van der Waals surface area (Å²) in [6.45, 7) is 3.26. The number of allylic oxidation sites excluding steroid dienone is 1. The molecule has 1 heterocycles. The minimum Gasteiger partial charge on any atom is -0.493 e. The first-order chi connectivity index (χ1) is 19.1. The summed E-state index contributed by atoms with van der Waals surface area (Å²) in [5.74, 6) is -1.11. The number of ether oxygens (including phenoxy) is 2. The van der Waals surface area contributed by atoms with Crippen molar-refractivity contribution in [1.82, 2.24) is 10.2 Å². The minimum atomic E-state index is -1.28. The molecule has 2 aromatic carbocycles. The van der Waals surface area contributed by atoms with Gasteiger partial charge in [0.25, 0.3) is 0 Å². The highest BCUT2D eigenvalue weighted by atomic mass is 35.5. The van der Waals surface area contributed by atoms with E-state index in [1.54, 1.807) is 38.1 Å². The van der Waals surface area contributed by atoms with Gasteiger partial charge < -0.3 is 29.9 Å². The van der Waals surface area contributed by atoms with Crippen LogP contribution in [0.2, 0.25) is 10.0 Å². The first kappa shape index (κ1) is 29.6. The molecule has 9 nitrogen and oxygen atoms in total. The molecule has 0 aromatic heterocycles. The molecular formula is C29H30Cl2N2O7. The number of fused-ring (bicyclic) bond motifs is 3. The molecule has 2 aromatic rings. The van der Waals surface area contributed by atoms with E-state index in [0.717, 1.165) is 5.57 Å². The largest absolute Gasteiger partial charge is 0.493 e. The number of nitrogens with zero attached hydrogens (tertiary/aromatic N) is 1. The van der Waals surface area contributed by atoms with Gasteiger partial charge in [0.15, 0.2) is 11.5 Å². The summed E-state index contributed by atoms with van der Waals surface area (Å²) in [4.78, 5) is 40.0. The van der Waals surface area contributed by atoms with Gasteiger partial charge in [-0.05, 0) is 49.8 Å². The Kier molecular flexibility index (Phi) is 9.20. The molecule has 0 spiro atoms. The lowest BCUT2D eigenvalue weighted by Gasteiger charge is -2.40. The molecule has 1 aliphatic heterocycles. The number of halogens is 2. The van der Waals surface area contributed by atoms with E-state index in [1.165, 1.54) is 30.2 Å². The average Bonchev–Trinajstić information content (AvgIpc) is 3.31. The Labute approximate surface area is 242 Å². The highest BCUT2D eigenvalue weighted by Gasteiger charge is 2.51. The van der Waals surface area contributed by atoms with Crippen LogP contribution in [0.5, 0.6) is 11.5 Å². The van der Waals surface area contributed by atoms with Crippen molar-refractivity contribution < 1.29 is 34.1 Å². The standard InChI is InChI=1S/C29H30Cl2N2O7/c1-15(2)8-24(36)33(13-17-4-5-18(30)11-21(17)31)22-12-20(29(38)32-6-7-34)25-19-9-16(14-35)10-23(39-3)27(19)40-28(25)26(22)37/h4-5,8-12,14,22,25-26,28,34,37H,6-7,13H2,1-3H3,(H,32,38). The van der Waals surface area contributed by atoms with Crippen molar-refractivity contribution in [2.24, 2.45) is 0 Å². The number of aldehydes is 1. The highest BCUT2D eigenvalue weighted by Crippen LogP contribution is 2.51. The molecule has 4 rings (SSSR count). The SMILES string of the molecule is COc1cc(C=O)cc2c1OC1C2C(C(=O)NCCO)=CC(N(Cc2ccc(Cl)cc2Cl)C(=O)C=C(C)C)C1O. The first-order valence-electron chi connectivity index (χ1n) is 12.6. The summed E-state index contributed by atoms with van der Waals surface area (Å²) >= 11 is 12.5. The van der Waals surface area contributed by atoms with Gasteiger partial charge in [-0.2, -0.15) is 0 Å². The quantitative estimate of drug-likeness (QED) is 0.302. The van der Waals surface area contributed by atoms with E-state index in [9.17, 15) is 24.6 Å². The van der Waals surface area contributed by atoms with Crippen LogP contribution in [0.3, 0.4) is 0 Å². The van der Waals surface area contributed by atoms with Crippen LogP contribution in [-0.4, -0.2) is 71.7 Å². The summed E-state index contributed by atoms with van der Waals surface area (Å²) in [5.41, 5.74) is 2.35. The maximum atomic E-state index is 13.5. The third kappa shape index (κ3) is 5.88. The Morgan fingerprint density at radius 3 is 2.58 bits per heavy atom. The van der Waals surface area contributed by atoms with Crippen molar-refractivity contribution in [2.45, 2.75) is 44.6 Å². The summed E-state index contributed by atoms with van der Waals surface area (Å²) in [7, 11) is 1.43. The van der Waals surface area contributed by atoms with Crippen LogP contribution in [0.25, 0.3) is 0 Å².